The molecule has 0 fully saturated rings. The van der Waals surface area contributed by atoms with Crippen molar-refractivity contribution in [3.8, 4) is 11.8 Å². The van der Waals surface area contributed by atoms with Gasteiger partial charge in [0.2, 0.25) is 0 Å². The Labute approximate surface area is 130 Å². The molecule has 0 saturated carbocycles. The van der Waals surface area contributed by atoms with Crippen molar-refractivity contribution in [3.05, 3.63) is 64.1 Å². The van der Waals surface area contributed by atoms with Crippen LogP contribution in [0.25, 0.3) is 6.08 Å². The molecule has 0 bridgehead atoms. The van der Waals surface area contributed by atoms with Crippen LogP contribution in [0.15, 0.2) is 58.6 Å². The third kappa shape index (κ3) is 4.20. The summed E-state index contributed by atoms with van der Waals surface area (Å²) in [5.41, 5.74) is 1.27. The summed E-state index contributed by atoms with van der Waals surface area (Å²) in [7, 11) is 0. The summed E-state index contributed by atoms with van der Waals surface area (Å²) in [6.07, 6.45) is 1.52. The molecule has 0 saturated heterocycles. The van der Waals surface area contributed by atoms with E-state index in [-0.39, 0.29) is 11.3 Å². The zero-order valence-electron chi connectivity index (χ0n) is 10.9. The number of carbonyl (C=O) groups is 1. The van der Waals surface area contributed by atoms with E-state index in [9.17, 15) is 9.90 Å². The maximum absolute atomic E-state index is 12.0. The topological polar surface area (TPSA) is 73.1 Å². The maximum atomic E-state index is 12.0. The van der Waals surface area contributed by atoms with Gasteiger partial charge < -0.3 is 10.4 Å². The van der Waals surface area contributed by atoms with Crippen LogP contribution in [0.3, 0.4) is 0 Å². The van der Waals surface area contributed by atoms with Crippen molar-refractivity contribution < 1.29 is 9.90 Å². The Morgan fingerprint density at radius 3 is 2.33 bits per heavy atom. The number of benzene rings is 2. The van der Waals surface area contributed by atoms with Gasteiger partial charge in [-0.05, 0) is 48.0 Å². The molecule has 21 heavy (non-hydrogen) atoms. The summed E-state index contributed by atoms with van der Waals surface area (Å²) in [4.78, 5) is 12.0. The molecule has 0 heterocycles. The SMILES string of the molecule is N#C/C(=C\c1ccc(Br)cc1)C(=O)Nc1ccc(O)cc1. The predicted molar refractivity (Wildman–Crippen MR) is 84.5 cm³/mol. The van der Waals surface area contributed by atoms with Crippen LogP contribution >= 0.6 is 15.9 Å². The zero-order chi connectivity index (χ0) is 15.2. The molecular weight excluding hydrogens is 332 g/mol. The molecular formula is C16H11BrN2O2. The Bertz CT molecular complexity index is 713. The smallest absolute Gasteiger partial charge is 0.266 e. The lowest BCUT2D eigenvalue weighted by atomic mass is 10.1. The molecule has 2 aromatic carbocycles. The number of aromatic hydroxyl groups is 1. The number of rotatable bonds is 3. The molecule has 0 spiro atoms. The van der Waals surface area contributed by atoms with Crippen LogP contribution in [0.1, 0.15) is 5.56 Å². The molecule has 0 aliphatic carbocycles. The van der Waals surface area contributed by atoms with Gasteiger partial charge >= 0.3 is 0 Å². The fourth-order valence-electron chi connectivity index (χ4n) is 1.62. The van der Waals surface area contributed by atoms with Crippen molar-refractivity contribution in [3.63, 3.8) is 0 Å². The highest BCUT2D eigenvalue weighted by molar-refractivity contribution is 9.10. The second-order valence-corrected chi connectivity index (χ2v) is 5.14. The molecule has 5 heteroatoms. The summed E-state index contributed by atoms with van der Waals surface area (Å²) in [5, 5.41) is 20.9. The van der Waals surface area contributed by atoms with E-state index in [1.165, 1.54) is 18.2 Å². The Hall–Kier alpha value is -2.58. The van der Waals surface area contributed by atoms with Gasteiger partial charge in [-0.25, -0.2) is 0 Å². The molecule has 1 amide bonds. The number of nitrogens with one attached hydrogen (secondary N) is 1. The van der Waals surface area contributed by atoms with Crippen LogP contribution in [0, 0.1) is 11.3 Å². The highest BCUT2D eigenvalue weighted by Crippen LogP contribution is 2.16. The standard InChI is InChI=1S/C16H11BrN2O2/c17-13-3-1-11(2-4-13)9-12(10-18)16(21)19-14-5-7-15(20)8-6-14/h1-9,20H,(H,19,21)/b12-9+. The lowest BCUT2D eigenvalue weighted by Crippen LogP contribution is -2.13. The van der Waals surface area contributed by atoms with Crippen LogP contribution in [-0.4, -0.2) is 11.0 Å². The fraction of sp³-hybridized carbons (Fsp3) is 0. The monoisotopic (exact) mass is 342 g/mol. The van der Waals surface area contributed by atoms with Crippen LogP contribution in [-0.2, 0) is 4.79 Å². The number of amides is 1. The van der Waals surface area contributed by atoms with Crippen LogP contribution in [0.2, 0.25) is 0 Å². The molecule has 2 N–H and O–H groups in total. The van der Waals surface area contributed by atoms with Crippen LogP contribution in [0.4, 0.5) is 5.69 Å². The van der Waals surface area contributed by atoms with Gasteiger partial charge in [0.15, 0.2) is 0 Å². The zero-order valence-corrected chi connectivity index (χ0v) is 12.5. The lowest BCUT2D eigenvalue weighted by molar-refractivity contribution is -0.112. The van der Waals surface area contributed by atoms with E-state index in [0.717, 1.165) is 10.0 Å². The normalized spacial score (nSPS) is 10.8. The summed E-state index contributed by atoms with van der Waals surface area (Å²) in [5.74, 6) is -0.384. The Balaban J connectivity index is 2.17. The number of halogens is 1. The third-order valence-electron chi connectivity index (χ3n) is 2.67. The summed E-state index contributed by atoms with van der Waals surface area (Å²) in [6, 6.07) is 15.2. The van der Waals surface area contributed by atoms with Crippen LogP contribution < -0.4 is 5.32 Å². The second kappa shape index (κ2) is 6.73. The summed E-state index contributed by atoms with van der Waals surface area (Å²) >= 11 is 3.32. The number of hydrogen-bond acceptors (Lipinski definition) is 3. The fourth-order valence-corrected chi connectivity index (χ4v) is 1.88. The van der Waals surface area contributed by atoms with Crippen molar-refractivity contribution in [1.82, 2.24) is 0 Å². The minimum atomic E-state index is -0.494. The Morgan fingerprint density at radius 1 is 1.14 bits per heavy atom. The first-order valence-corrected chi connectivity index (χ1v) is 6.85. The van der Waals surface area contributed by atoms with Crippen LogP contribution in [0.5, 0.6) is 5.75 Å². The van der Waals surface area contributed by atoms with Gasteiger partial charge in [0, 0.05) is 10.2 Å². The van der Waals surface area contributed by atoms with Gasteiger partial charge in [0.25, 0.3) is 5.91 Å². The van der Waals surface area contributed by atoms with Gasteiger partial charge in [0.1, 0.15) is 17.4 Å². The van der Waals surface area contributed by atoms with Gasteiger partial charge in [-0.15, -0.1) is 0 Å². The van der Waals surface area contributed by atoms with Gasteiger partial charge in [-0.2, -0.15) is 5.26 Å². The number of nitriles is 1. The molecule has 0 radical (unpaired) electrons. The molecule has 0 atom stereocenters. The second-order valence-electron chi connectivity index (χ2n) is 4.22. The first kappa shape index (κ1) is 14.8. The highest BCUT2D eigenvalue weighted by Gasteiger charge is 2.09. The van der Waals surface area contributed by atoms with E-state index >= 15 is 0 Å². The number of hydrogen-bond donors (Lipinski definition) is 2. The number of anilines is 1. The largest absolute Gasteiger partial charge is 0.508 e. The van der Waals surface area contributed by atoms with E-state index in [4.69, 9.17) is 5.26 Å². The quantitative estimate of drug-likeness (QED) is 0.507. The first-order valence-electron chi connectivity index (χ1n) is 6.06. The van der Waals surface area contributed by atoms with Crippen molar-refractivity contribution in [2.45, 2.75) is 0 Å². The molecule has 2 rings (SSSR count). The molecule has 0 aromatic heterocycles. The maximum Gasteiger partial charge on any atom is 0.266 e. The highest BCUT2D eigenvalue weighted by atomic mass is 79.9. The third-order valence-corrected chi connectivity index (χ3v) is 3.20. The minimum Gasteiger partial charge on any atom is -0.508 e. The first-order chi connectivity index (χ1) is 10.1. The lowest BCUT2D eigenvalue weighted by Gasteiger charge is -2.04. The van der Waals surface area contributed by atoms with Crippen molar-refractivity contribution in [1.29, 1.82) is 5.26 Å². The average molecular weight is 343 g/mol. The van der Waals surface area contributed by atoms with E-state index < -0.39 is 5.91 Å². The van der Waals surface area contributed by atoms with E-state index in [1.807, 2.05) is 18.2 Å². The Kier molecular flexibility index (Phi) is 4.75. The number of phenolic OH excluding ortho intramolecular Hbond substituents is 1. The van der Waals surface area contributed by atoms with Crippen molar-refractivity contribution in [2.24, 2.45) is 0 Å². The summed E-state index contributed by atoms with van der Waals surface area (Å²) < 4.78 is 0.923. The Morgan fingerprint density at radius 2 is 1.76 bits per heavy atom. The molecule has 104 valence electrons. The number of carbonyl (C=O) groups excluding carboxylic acids is 1. The van der Waals surface area contributed by atoms with Gasteiger partial charge in [-0.3, -0.25) is 4.79 Å². The predicted octanol–water partition coefficient (Wildman–Crippen LogP) is 3.70. The van der Waals surface area contributed by atoms with Crippen molar-refractivity contribution >= 4 is 33.6 Å². The molecule has 2 aromatic rings. The van der Waals surface area contributed by atoms with E-state index in [2.05, 4.69) is 21.2 Å². The minimum absolute atomic E-state index is 0.00500. The molecule has 4 nitrogen and oxygen atoms in total. The summed E-state index contributed by atoms with van der Waals surface area (Å²) in [6.45, 7) is 0. The van der Waals surface area contributed by atoms with E-state index in [1.54, 1.807) is 24.3 Å². The number of phenols is 1. The number of nitrogens with zero attached hydrogens (tertiary/aromatic N) is 1. The molecule has 0 unspecified atom stereocenters. The van der Waals surface area contributed by atoms with Crippen molar-refractivity contribution in [2.75, 3.05) is 5.32 Å². The van der Waals surface area contributed by atoms with Gasteiger partial charge in [-0.1, -0.05) is 28.1 Å². The van der Waals surface area contributed by atoms with E-state index in [0.29, 0.717) is 5.69 Å². The average Bonchev–Trinajstić information content (AvgIpc) is 2.49. The van der Waals surface area contributed by atoms with Gasteiger partial charge in [0.05, 0.1) is 0 Å². The molecule has 0 aliphatic heterocycles. The molecule has 0 aliphatic rings.